The van der Waals surface area contributed by atoms with Crippen LogP contribution in [0.25, 0.3) is 17.0 Å². The van der Waals surface area contributed by atoms with Crippen LogP contribution in [-0.2, 0) is 11.3 Å². The van der Waals surface area contributed by atoms with Gasteiger partial charge in [0.2, 0.25) is 0 Å². The number of halogens is 1. The van der Waals surface area contributed by atoms with Crippen LogP contribution in [0.4, 0.5) is 5.69 Å². The summed E-state index contributed by atoms with van der Waals surface area (Å²) in [7, 11) is 1.60. The van der Waals surface area contributed by atoms with Gasteiger partial charge in [-0.25, -0.2) is 4.99 Å². The van der Waals surface area contributed by atoms with E-state index >= 15 is 0 Å². The number of aromatic nitrogens is 2. The number of nitrogens with one attached hydrogen (secondary N) is 1. The molecule has 7 nitrogen and oxygen atoms in total. The maximum Gasteiger partial charge on any atom is 0.271 e. The Bertz CT molecular complexity index is 2320. The minimum absolute atomic E-state index is 0.219. The molecule has 9 heteroatoms. The van der Waals surface area contributed by atoms with E-state index in [-0.39, 0.29) is 11.5 Å². The van der Waals surface area contributed by atoms with Crippen molar-refractivity contribution in [1.29, 1.82) is 0 Å². The van der Waals surface area contributed by atoms with E-state index < -0.39 is 6.04 Å². The summed E-state index contributed by atoms with van der Waals surface area (Å²) in [5, 5.41) is 4.72. The number of amides is 1. The Morgan fingerprint density at radius 2 is 1.76 bits per heavy atom. The van der Waals surface area contributed by atoms with Crippen molar-refractivity contribution in [1.82, 2.24) is 9.13 Å². The van der Waals surface area contributed by atoms with Gasteiger partial charge in [0.1, 0.15) is 5.75 Å². The predicted molar refractivity (Wildman–Crippen MR) is 184 cm³/mol. The molecule has 1 N–H and O–H groups in total. The number of carbonyl (C=O) groups is 1. The number of carbonyl (C=O) groups excluding carboxylic acids is 1. The lowest BCUT2D eigenvalue weighted by atomic mass is 9.95. The topological polar surface area (TPSA) is 77.6 Å². The van der Waals surface area contributed by atoms with Gasteiger partial charge < -0.3 is 14.6 Å². The van der Waals surface area contributed by atoms with Crippen LogP contribution < -0.4 is 24.9 Å². The average Bonchev–Trinajstić information content (AvgIpc) is 3.57. The van der Waals surface area contributed by atoms with Crippen LogP contribution in [0.1, 0.15) is 29.7 Å². The van der Waals surface area contributed by atoms with Crippen LogP contribution in [-0.4, -0.2) is 22.2 Å². The van der Waals surface area contributed by atoms with Crippen LogP contribution in [0.2, 0.25) is 5.02 Å². The lowest BCUT2D eigenvalue weighted by Gasteiger charge is -2.25. The number of rotatable bonds is 7. The summed E-state index contributed by atoms with van der Waals surface area (Å²) in [4.78, 5) is 33.5. The van der Waals surface area contributed by atoms with Crippen molar-refractivity contribution >= 4 is 51.5 Å². The highest BCUT2D eigenvalue weighted by atomic mass is 35.5. The quantitative estimate of drug-likeness (QED) is 0.214. The predicted octanol–water partition coefficient (Wildman–Crippen LogP) is 6.54. The largest absolute Gasteiger partial charge is 0.497 e. The van der Waals surface area contributed by atoms with Crippen molar-refractivity contribution in [2.75, 3.05) is 12.4 Å². The molecule has 0 fully saturated rings. The fourth-order valence-electron chi connectivity index (χ4n) is 5.91. The maximum absolute atomic E-state index is 14.3. The molecule has 0 aliphatic carbocycles. The van der Waals surface area contributed by atoms with Crippen molar-refractivity contribution < 1.29 is 9.53 Å². The normalized spacial score (nSPS) is 14.7. The summed E-state index contributed by atoms with van der Waals surface area (Å²) >= 11 is 7.43. The third-order valence-corrected chi connectivity index (χ3v) is 9.31. The number of thiazole rings is 1. The zero-order valence-corrected chi connectivity index (χ0v) is 26.7. The van der Waals surface area contributed by atoms with E-state index in [1.807, 2.05) is 104 Å². The van der Waals surface area contributed by atoms with Gasteiger partial charge in [0, 0.05) is 39.9 Å². The number of hydrogen-bond donors (Lipinski definition) is 1. The van der Waals surface area contributed by atoms with Gasteiger partial charge in [-0.2, -0.15) is 0 Å². The van der Waals surface area contributed by atoms with Crippen molar-refractivity contribution in [3.63, 3.8) is 0 Å². The summed E-state index contributed by atoms with van der Waals surface area (Å²) in [5.74, 6) is 0.311. The molecule has 0 unspecified atom stereocenters. The first-order valence-electron chi connectivity index (χ1n) is 14.7. The fraction of sp³-hybridized carbons (Fsp3) is 0.108. The Balaban J connectivity index is 1.36. The van der Waals surface area contributed by atoms with Crippen molar-refractivity contribution in [2.24, 2.45) is 4.99 Å². The van der Waals surface area contributed by atoms with E-state index in [1.54, 1.807) is 11.7 Å². The van der Waals surface area contributed by atoms with Gasteiger partial charge in [0.15, 0.2) is 4.80 Å². The number of benzene rings is 4. The second-order valence-corrected chi connectivity index (χ2v) is 12.5. The molecule has 4 aromatic carbocycles. The molecule has 0 radical (unpaired) electrons. The molecule has 2 aromatic heterocycles. The molecule has 7 rings (SSSR count). The number of ether oxygens (including phenoxy) is 1. The molecule has 1 aliphatic heterocycles. The first kappa shape index (κ1) is 29.5. The summed E-state index contributed by atoms with van der Waals surface area (Å²) in [6.45, 7) is 2.47. The first-order chi connectivity index (χ1) is 22.4. The number of fused-ring (bicyclic) bond motifs is 2. The van der Waals surface area contributed by atoms with Crippen molar-refractivity contribution in [3.05, 3.63) is 162 Å². The van der Waals surface area contributed by atoms with Crippen LogP contribution in [0.15, 0.2) is 130 Å². The zero-order chi connectivity index (χ0) is 31.8. The molecule has 0 saturated carbocycles. The summed E-state index contributed by atoms with van der Waals surface area (Å²) in [5.41, 5.74) is 5.23. The van der Waals surface area contributed by atoms with E-state index in [0.29, 0.717) is 43.6 Å². The van der Waals surface area contributed by atoms with Crippen LogP contribution in [0.5, 0.6) is 5.75 Å². The molecule has 0 spiro atoms. The molecule has 0 bridgehead atoms. The Hall–Kier alpha value is -5.18. The molecular formula is C37H29ClN4O3S. The standard InChI is InChI=1S/C37H29ClN4O3S/c1-23-33(35(43)40-28-10-4-3-5-11-28)34(25-9-8-12-29(19-25)45-2)42-36(44)32(46-37(42)39-23)20-26-22-41(31-14-7-6-13-30(26)31)21-24-15-17-27(38)18-16-24/h3-20,22,34H,21H2,1-2H3,(H,40,43)/b32-20-/t34-/m1/s1. The van der Waals surface area contributed by atoms with Crippen LogP contribution in [0, 0.1) is 0 Å². The first-order valence-corrected chi connectivity index (χ1v) is 15.9. The highest BCUT2D eigenvalue weighted by Crippen LogP contribution is 2.32. The van der Waals surface area contributed by atoms with Gasteiger partial charge in [-0.3, -0.25) is 14.2 Å². The third kappa shape index (κ3) is 5.57. The summed E-state index contributed by atoms with van der Waals surface area (Å²) in [6.07, 6.45) is 4.00. The third-order valence-electron chi connectivity index (χ3n) is 8.08. The maximum atomic E-state index is 14.3. The number of nitrogens with zero attached hydrogens (tertiary/aromatic N) is 3. The Kier molecular flexibility index (Phi) is 7.90. The molecule has 6 aromatic rings. The lowest BCUT2D eigenvalue weighted by molar-refractivity contribution is -0.113. The Labute approximate surface area is 274 Å². The zero-order valence-electron chi connectivity index (χ0n) is 25.1. The van der Waals surface area contributed by atoms with E-state index in [1.165, 1.54) is 11.3 Å². The van der Waals surface area contributed by atoms with Gasteiger partial charge in [0.25, 0.3) is 11.5 Å². The minimum atomic E-state index is -0.705. The lowest BCUT2D eigenvalue weighted by Crippen LogP contribution is -2.40. The van der Waals surface area contributed by atoms with Gasteiger partial charge in [0.05, 0.1) is 29.0 Å². The average molecular weight is 645 g/mol. The summed E-state index contributed by atoms with van der Waals surface area (Å²) < 4.78 is 9.85. The Morgan fingerprint density at radius 3 is 2.54 bits per heavy atom. The van der Waals surface area contributed by atoms with Gasteiger partial charge in [-0.05, 0) is 66.6 Å². The highest BCUT2D eigenvalue weighted by Gasteiger charge is 2.33. The number of para-hydroxylation sites is 2. The smallest absolute Gasteiger partial charge is 0.271 e. The van der Waals surface area contributed by atoms with Crippen LogP contribution >= 0.6 is 22.9 Å². The van der Waals surface area contributed by atoms with Gasteiger partial charge >= 0.3 is 0 Å². The van der Waals surface area contributed by atoms with E-state index in [0.717, 1.165) is 27.6 Å². The minimum Gasteiger partial charge on any atom is -0.497 e. The molecular weight excluding hydrogens is 616 g/mol. The number of anilines is 1. The van der Waals surface area contributed by atoms with E-state index in [4.69, 9.17) is 21.3 Å². The highest BCUT2D eigenvalue weighted by molar-refractivity contribution is 7.07. The molecule has 46 heavy (non-hydrogen) atoms. The molecule has 228 valence electrons. The Morgan fingerprint density at radius 1 is 1.00 bits per heavy atom. The van der Waals surface area contributed by atoms with Gasteiger partial charge in [-0.1, -0.05) is 83.6 Å². The van der Waals surface area contributed by atoms with Crippen molar-refractivity contribution in [2.45, 2.75) is 19.5 Å². The number of methoxy groups -OCH3 is 1. The second kappa shape index (κ2) is 12.3. The van der Waals surface area contributed by atoms with E-state index in [9.17, 15) is 9.59 Å². The van der Waals surface area contributed by atoms with Gasteiger partial charge in [-0.15, -0.1) is 0 Å². The number of hydrogen-bond acceptors (Lipinski definition) is 5. The molecule has 0 saturated heterocycles. The SMILES string of the molecule is COc1cccc([C@@H]2C(C(=O)Nc3ccccc3)=C(C)N=c3s/c(=C\c4cn(Cc5ccc(Cl)cc5)c5ccccc45)c(=O)n32)c1. The number of allylic oxidation sites excluding steroid dienone is 1. The van der Waals surface area contributed by atoms with E-state index in [2.05, 4.69) is 28.2 Å². The second-order valence-electron chi connectivity index (χ2n) is 11.0. The molecule has 1 atom stereocenters. The van der Waals surface area contributed by atoms with Crippen LogP contribution in [0.3, 0.4) is 0 Å². The summed E-state index contributed by atoms with van der Waals surface area (Å²) in [6, 6.07) is 32.0. The molecule has 1 amide bonds. The molecule has 1 aliphatic rings. The van der Waals surface area contributed by atoms with Crippen molar-refractivity contribution in [3.8, 4) is 5.75 Å². The molecule has 3 heterocycles. The fourth-order valence-corrected chi connectivity index (χ4v) is 7.07. The monoisotopic (exact) mass is 644 g/mol.